The van der Waals surface area contributed by atoms with Crippen LogP contribution in [0.25, 0.3) is 10.8 Å². The van der Waals surface area contributed by atoms with Crippen LogP contribution in [-0.4, -0.2) is 79.9 Å². The molecule has 2 spiro atoms. The third-order valence-corrected chi connectivity index (χ3v) is 12.9. The van der Waals surface area contributed by atoms with Crippen molar-refractivity contribution >= 4 is 10.8 Å². The van der Waals surface area contributed by atoms with Gasteiger partial charge in [0.1, 0.15) is 23.9 Å². The van der Waals surface area contributed by atoms with Gasteiger partial charge in [-0.3, -0.25) is 9.88 Å². The fourth-order valence-corrected chi connectivity index (χ4v) is 10.9. The molecule has 210 valence electrons. The smallest absolute Gasteiger partial charge is 0.121 e. The maximum Gasteiger partial charge on any atom is 0.121 e. The number of aromatic nitrogens is 1. The molecule has 0 amide bonds. The lowest BCUT2D eigenvalue weighted by Crippen LogP contribution is -2.70. The highest BCUT2D eigenvalue weighted by Crippen LogP contribution is 2.80. The van der Waals surface area contributed by atoms with Crippen molar-refractivity contribution in [2.75, 3.05) is 13.1 Å². The second-order valence-corrected chi connectivity index (χ2v) is 14.3. The average Bonchev–Trinajstić information content (AvgIpc) is 3.25. The quantitative estimate of drug-likeness (QED) is 0.462. The molecule has 40 heavy (non-hydrogen) atoms. The molecule has 1 aromatic heterocycles. The van der Waals surface area contributed by atoms with Gasteiger partial charge in [0.05, 0.1) is 11.6 Å². The number of hydrogen-bond acceptors (Lipinski definition) is 7. The number of likely N-dealkylation sites (tertiary alicyclic amines) is 1. The molecule has 4 aliphatic carbocycles. The fraction of sp³-hybridized carbons (Fsp3) is 0.606. The maximum absolute atomic E-state index is 12.0. The Morgan fingerprint density at radius 1 is 1.10 bits per heavy atom. The normalized spacial score (nSPS) is 50.6. The van der Waals surface area contributed by atoms with E-state index in [0.29, 0.717) is 36.9 Å². The molecule has 1 aromatic carbocycles. The van der Waals surface area contributed by atoms with Crippen molar-refractivity contribution in [3.63, 3.8) is 0 Å². The standard InChI is InChI=1S/C33H39N3O4/c1-30-7-4-21-13-24-27(37)28(38)26(36-11-6-23(34)17-36)29(39)33(24)9-8-32(21,40-33)25(30)14-22-15-31(22,30)20-3-2-18-5-10-35-16-19(18)12-20/h2-5,10,12-13,16,22-23,25-29,37-39H,6-9,11,14-15,17,34H2,1H3/t22-,23+,25+,26+,27?,28?,29?,30-,31-,32?,33-/m0/s1. The summed E-state index contributed by atoms with van der Waals surface area (Å²) >= 11 is 0. The van der Waals surface area contributed by atoms with E-state index in [0.717, 1.165) is 31.3 Å². The Hall–Kier alpha value is -2.13. The molecule has 4 unspecified atom stereocenters. The van der Waals surface area contributed by atoms with E-state index in [4.69, 9.17) is 10.5 Å². The SMILES string of the molecule is C[C@]12CC=C3C=C4C(O)C(O)[C@@H](N5CC[C@@H](N)C5)C(O)[C@]45CCC3(O5)[C@@H]1C[C@H]1C[C@]12c1ccc2ccncc2c1. The molecule has 4 heterocycles. The second-order valence-electron chi connectivity index (χ2n) is 14.3. The predicted molar refractivity (Wildman–Crippen MR) is 150 cm³/mol. The zero-order valence-corrected chi connectivity index (χ0v) is 23.0. The van der Waals surface area contributed by atoms with Crippen molar-refractivity contribution < 1.29 is 20.1 Å². The van der Waals surface area contributed by atoms with Crippen molar-refractivity contribution in [2.24, 2.45) is 23.0 Å². The minimum Gasteiger partial charge on any atom is -0.388 e. The van der Waals surface area contributed by atoms with E-state index in [2.05, 4.69) is 53.2 Å². The molecule has 2 saturated heterocycles. The highest BCUT2D eigenvalue weighted by molar-refractivity contribution is 5.82. The number of fused-ring (bicyclic) bond motifs is 4. The van der Waals surface area contributed by atoms with Crippen LogP contribution in [0.15, 0.2) is 60.0 Å². The first-order valence-electron chi connectivity index (χ1n) is 15.2. The van der Waals surface area contributed by atoms with Crippen LogP contribution in [0.1, 0.15) is 51.0 Å². The lowest BCUT2D eigenvalue weighted by atomic mass is 9.55. The number of benzene rings is 1. The zero-order valence-electron chi connectivity index (χ0n) is 23.0. The van der Waals surface area contributed by atoms with Gasteiger partial charge >= 0.3 is 0 Å². The van der Waals surface area contributed by atoms with Gasteiger partial charge in [-0.2, -0.15) is 0 Å². The Balaban J connectivity index is 1.13. The molecule has 7 aliphatic rings. The largest absolute Gasteiger partial charge is 0.388 e. The first-order chi connectivity index (χ1) is 19.2. The van der Waals surface area contributed by atoms with Gasteiger partial charge in [0, 0.05) is 42.3 Å². The van der Waals surface area contributed by atoms with Gasteiger partial charge in [0.25, 0.3) is 0 Å². The Morgan fingerprint density at radius 3 is 2.77 bits per heavy atom. The lowest BCUT2D eigenvalue weighted by Gasteiger charge is -2.58. The monoisotopic (exact) mass is 541 g/mol. The molecule has 2 bridgehead atoms. The summed E-state index contributed by atoms with van der Waals surface area (Å²) in [5, 5.41) is 37.2. The molecule has 7 heteroatoms. The van der Waals surface area contributed by atoms with Gasteiger partial charge in [-0.05, 0) is 90.0 Å². The van der Waals surface area contributed by atoms with E-state index in [-0.39, 0.29) is 16.9 Å². The van der Waals surface area contributed by atoms with Gasteiger partial charge in [-0.1, -0.05) is 31.2 Å². The highest BCUT2D eigenvalue weighted by Gasteiger charge is 2.79. The van der Waals surface area contributed by atoms with Crippen LogP contribution in [0.2, 0.25) is 0 Å². The van der Waals surface area contributed by atoms with Gasteiger partial charge in [0.15, 0.2) is 0 Å². The van der Waals surface area contributed by atoms with Gasteiger partial charge in [-0.15, -0.1) is 0 Å². The summed E-state index contributed by atoms with van der Waals surface area (Å²) < 4.78 is 7.30. The van der Waals surface area contributed by atoms with E-state index < -0.39 is 35.6 Å². The molecule has 3 aliphatic heterocycles. The van der Waals surface area contributed by atoms with Gasteiger partial charge in [0.2, 0.25) is 0 Å². The Kier molecular flexibility index (Phi) is 4.66. The van der Waals surface area contributed by atoms with Crippen molar-refractivity contribution in [1.29, 1.82) is 0 Å². The summed E-state index contributed by atoms with van der Waals surface area (Å²) in [5.41, 5.74) is 8.17. The molecule has 5 N–H and O–H groups in total. The topological polar surface area (TPSA) is 112 Å². The Bertz CT molecular complexity index is 1510. The predicted octanol–water partition coefficient (Wildman–Crippen LogP) is 2.57. The fourth-order valence-electron chi connectivity index (χ4n) is 10.9. The summed E-state index contributed by atoms with van der Waals surface area (Å²) in [6.07, 6.45) is 10.8. The summed E-state index contributed by atoms with van der Waals surface area (Å²) in [5.74, 6) is 0.946. The first-order valence-corrected chi connectivity index (χ1v) is 15.2. The second kappa shape index (κ2) is 7.63. The molecule has 0 radical (unpaired) electrons. The minimum absolute atomic E-state index is 0.0223. The molecular formula is C33H39N3O4. The Labute approximate surface area is 234 Å². The number of nitrogens with two attached hydrogens (primary N) is 1. The number of allylic oxidation sites excluding steroid dienone is 1. The molecule has 11 atom stereocenters. The van der Waals surface area contributed by atoms with E-state index in [9.17, 15) is 15.3 Å². The molecule has 5 fully saturated rings. The summed E-state index contributed by atoms with van der Waals surface area (Å²) in [6, 6.07) is 8.48. The van der Waals surface area contributed by atoms with Crippen molar-refractivity contribution in [1.82, 2.24) is 9.88 Å². The molecule has 2 aromatic rings. The van der Waals surface area contributed by atoms with Gasteiger partial charge < -0.3 is 25.8 Å². The average molecular weight is 542 g/mol. The third kappa shape index (κ3) is 2.67. The van der Waals surface area contributed by atoms with Crippen molar-refractivity contribution in [3.8, 4) is 0 Å². The molecule has 9 rings (SSSR count). The number of pyridine rings is 1. The van der Waals surface area contributed by atoms with E-state index in [1.165, 1.54) is 22.8 Å². The number of hydrogen-bond donors (Lipinski definition) is 4. The van der Waals surface area contributed by atoms with Gasteiger partial charge in [-0.25, -0.2) is 0 Å². The number of ether oxygens (including phenoxy) is 1. The molecule has 7 nitrogen and oxygen atoms in total. The maximum atomic E-state index is 12.0. The molecule has 3 saturated carbocycles. The lowest BCUT2D eigenvalue weighted by molar-refractivity contribution is -0.216. The first kappa shape index (κ1) is 24.5. The zero-order chi connectivity index (χ0) is 27.2. The van der Waals surface area contributed by atoms with Crippen LogP contribution in [0.5, 0.6) is 0 Å². The number of aliphatic hydroxyl groups is 3. The van der Waals surface area contributed by atoms with Crippen LogP contribution < -0.4 is 5.73 Å². The Morgan fingerprint density at radius 2 is 1.95 bits per heavy atom. The van der Waals surface area contributed by atoms with Crippen LogP contribution in [-0.2, 0) is 10.2 Å². The van der Waals surface area contributed by atoms with Crippen molar-refractivity contribution in [3.05, 3.63) is 65.5 Å². The number of aliphatic hydroxyl groups excluding tert-OH is 3. The van der Waals surface area contributed by atoms with Crippen LogP contribution in [0.4, 0.5) is 0 Å². The summed E-state index contributed by atoms with van der Waals surface area (Å²) in [4.78, 5) is 6.46. The molecular weight excluding hydrogens is 502 g/mol. The van der Waals surface area contributed by atoms with Crippen LogP contribution >= 0.6 is 0 Å². The summed E-state index contributed by atoms with van der Waals surface area (Å²) in [7, 11) is 0. The van der Waals surface area contributed by atoms with E-state index in [1.807, 2.05) is 12.4 Å². The highest BCUT2D eigenvalue weighted by atomic mass is 16.5. The third-order valence-electron chi connectivity index (χ3n) is 12.9. The summed E-state index contributed by atoms with van der Waals surface area (Å²) in [6.45, 7) is 3.81. The van der Waals surface area contributed by atoms with E-state index >= 15 is 0 Å². The number of nitrogens with zero attached hydrogens (tertiary/aromatic N) is 2. The van der Waals surface area contributed by atoms with Crippen LogP contribution in [0, 0.1) is 17.3 Å². The van der Waals surface area contributed by atoms with E-state index in [1.54, 1.807) is 0 Å². The van der Waals surface area contributed by atoms with Crippen molar-refractivity contribution in [2.45, 2.75) is 92.5 Å². The van der Waals surface area contributed by atoms with Crippen LogP contribution in [0.3, 0.4) is 0 Å². The minimum atomic E-state index is -1.08. The number of rotatable bonds is 2.